The molecule has 72 valence electrons. The summed E-state index contributed by atoms with van der Waals surface area (Å²) in [4.78, 5) is 10.2. The van der Waals surface area contributed by atoms with Crippen molar-refractivity contribution in [2.75, 3.05) is 11.5 Å². The Morgan fingerprint density at radius 1 is 1.31 bits per heavy atom. The van der Waals surface area contributed by atoms with Gasteiger partial charge in [0.15, 0.2) is 6.29 Å². The van der Waals surface area contributed by atoms with Gasteiger partial charge in [0.25, 0.3) is 0 Å². The number of carbonyl (C=O) groups excluding carboxylic acids is 1. The van der Waals surface area contributed by atoms with Gasteiger partial charge in [0.2, 0.25) is 0 Å². The van der Waals surface area contributed by atoms with Gasteiger partial charge < -0.3 is 0 Å². The van der Waals surface area contributed by atoms with Gasteiger partial charge in [0.1, 0.15) is 4.08 Å². The van der Waals surface area contributed by atoms with Crippen LogP contribution in [0.5, 0.6) is 0 Å². The van der Waals surface area contributed by atoms with Crippen molar-refractivity contribution in [1.29, 1.82) is 0 Å². The zero-order chi connectivity index (χ0) is 9.95. The zero-order valence-corrected chi connectivity index (χ0v) is 9.85. The summed E-state index contributed by atoms with van der Waals surface area (Å²) in [6.07, 6.45) is 0.687. The molecule has 1 nitrogen and oxygen atoms in total. The highest BCUT2D eigenvalue weighted by molar-refractivity contribution is 8.21. The van der Waals surface area contributed by atoms with Gasteiger partial charge in [-0.1, -0.05) is 26.7 Å². The summed E-state index contributed by atoms with van der Waals surface area (Å²) in [7, 11) is 0. The fourth-order valence-corrected chi connectivity index (χ4v) is 4.43. The number of rotatable bonds is 0. The lowest BCUT2D eigenvalue weighted by atomic mass is 9.91. The fourth-order valence-electron chi connectivity index (χ4n) is 1.23. The van der Waals surface area contributed by atoms with Crippen LogP contribution in [0.15, 0.2) is 0 Å². The van der Waals surface area contributed by atoms with E-state index in [1.165, 1.54) is 0 Å². The van der Waals surface area contributed by atoms with Gasteiger partial charge in [-0.15, -0.1) is 23.5 Å². The zero-order valence-electron chi connectivity index (χ0n) is 8.22. The number of hydrogen-bond donors (Lipinski definition) is 0. The molecule has 3 heteroatoms. The molecule has 0 aliphatic carbocycles. The minimum Gasteiger partial charge on any atom is -0.289 e. The van der Waals surface area contributed by atoms with Crippen molar-refractivity contribution >= 4 is 29.8 Å². The summed E-state index contributed by atoms with van der Waals surface area (Å²) in [6, 6.07) is 0. The number of aldehydes is 1. The molecule has 0 amide bonds. The van der Waals surface area contributed by atoms with Gasteiger partial charge in [0, 0.05) is 11.5 Å². The van der Waals surface area contributed by atoms with Crippen LogP contribution < -0.4 is 0 Å². The van der Waals surface area contributed by atoms with Crippen LogP contribution in [0.3, 0.4) is 0 Å². The molecule has 0 radical (unpaired) electrons. The first-order valence-electron chi connectivity index (χ1n) is 4.26. The maximum absolute atomic E-state index is 10.2. The van der Waals surface area contributed by atoms with Crippen LogP contribution >= 0.6 is 23.5 Å². The van der Waals surface area contributed by atoms with E-state index in [9.17, 15) is 4.79 Å². The molecule has 0 aromatic rings. The summed E-state index contributed by atoms with van der Waals surface area (Å²) in [5.41, 5.74) is 0.120. The van der Waals surface area contributed by atoms with E-state index in [-0.39, 0.29) is 9.49 Å². The molecular formula is C10H14OS2. The van der Waals surface area contributed by atoms with E-state index < -0.39 is 0 Å². The lowest BCUT2D eigenvalue weighted by molar-refractivity contribution is -0.103. The van der Waals surface area contributed by atoms with E-state index in [0.29, 0.717) is 6.29 Å². The molecule has 0 N–H and O–H groups in total. The molecule has 1 saturated heterocycles. The quantitative estimate of drug-likeness (QED) is 0.455. The Morgan fingerprint density at radius 3 is 2.23 bits per heavy atom. The van der Waals surface area contributed by atoms with E-state index in [1.54, 1.807) is 0 Å². The normalized spacial score (nSPS) is 20.5. The summed E-state index contributed by atoms with van der Waals surface area (Å²) in [5.74, 6) is 7.93. The van der Waals surface area contributed by atoms with Gasteiger partial charge in [0.05, 0.1) is 0 Å². The van der Waals surface area contributed by atoms with Crippen molar-refractivity contribution < 1.29 is 4.79 Å². The van der Waals surface area contributed by atoms with E-state index in [0.717, 1.165) is 11.5 Å². The van der Waals surface area contributed by atoms with Gasteiger partial charge in [-0.2, -0.15) is 0 Å². The highest BCUT2D eigenvalue weighted by Gasteiger charge is 2.44. The predicted octanol–water partition coefficient (Wildman–Crippen LogP) is 2.41. The monoisotopic (exact) mass is 214 g/mol. The van der Waals surface area contributed by atoms with Crippen LogP contribution in [0.1, 0.15) is 20.8 Å². The lowest BCUT2D eigenvalue weighted by Crippen LogP contribution is -2.32. The second-order valence-electron chi connectivity index (χ2n) is 3.95. The van der Waals surface area contributed by atoms with Crippen molar-refractivity contribution in [3.63, 3.8) is 0 Å². The largest absolute Gasteiger partial charge is 0.289 e. The smallest absolute Gasteiger partial charge is 0.192 e. The first kappa shape index (κ1) is 11.0. The van der Waals surface area contributed by atoms with Gasteiger partial charge in [-0.25, -0.2) is 0 Å². The Kier molecular flexibility index (Phi) is 3.37. The Labute approximate surface area is 88.4 Å². The van der Waals surface area contributed by atoms with Crippen LogP contribution in [-0.4, -0.2) is 21.9 Å². The molecule has 0 atom stereocenters. The predicted molar refractivity (Wildman–Crippen MR) is 60.9 cm³/mol. The maximum atomic E-state index is 10.2. The third-order valence-corrected chi connectivity index (χ3v) is 6.00. The van der Waals surface area contributed by atoms with Gasteiger partial charge in [-0.3, -0.25) is 4.79 Å². The van der Waals surface area contributed by atoms with E-state index in [4.69, 9.17) is 0 Å². The van der Waals surface area contributed by atoms with Crippen LogP contribution in [-0.2, 0) is 4.79 Å². The molecule has 0 aromatic carbocycles. The molecule has 0 unspecified atom stereocenters. The minimum absolute atomic E-state index is 0.0755. The first-order chi connectivity index (χ1) is 6.02. The molecule has 0 bridgehead atoms. The average molecular weight is 214 g/mol. The summed E-state index contributed by atoms with van der Waals surface area (Å²) < 4.78 is -0.0755. The Bertz CT molecular complexity index is 248. The third kappa shape index (κ3) is 2.24. The van der Waals surface area contributed by atoms with Crippen molar-refractivity contribution in [3.05, 3.63) is 0 Å². The van der Waals surface area contributed by atoms with Crippen molar-refractivity contribution in [3.8, 4) is 11.8 Å². The lowest BCUT2D eigenvalue weighted by Gasteiger charge is -2.35. The first-order valence-corrected chi connectivity index (χ1v) is 6.23. The number of carbonyl (C=O) groups is 1. The molecule has 0 saturated carbocycles. The SMILES string of the molecule is CC(C)(C)C1(C#CC=O)SCCS1. The van der Waals surface area contributed by atoms with E-state index in [1.807, 2.05) is 23.5 Å². The maximum Gasteiger partial charge on any atom is 0.192 e. The summed E-state index contributed by atoms with van der Waals surface area (Å²) in [5, 5.41) is 0. The highest BCUT2D eigenvalue weighted by Crippen LogP contribution is 2.54. The topological polar surface area (TPSA) is 17.1 Å². The average Bonchev–Trinajstić information content (AvgIpc) is 2.48. The van der Waals surface area contributed by atoms with Crippen molar-refractivity contribution in [2.24, 2.45) is 5.41 Å². The molecule has 0 spiro atoms. The van der Waals surface area contributed by atoms with Crippen LogP contribution in [0.25, 0.3) is 0 Å². The molecular weight excluding hydrogens is 200 g/mol. The van der Waals surface area contributed by atoms with Gasteiger partial charge in [-0.05, 0) is 11.3 Å². The summed E-state index contributed by atoms with van der Waals surface area (Å²) in [6.45, 7) is 6.54. The molecule has 1 heterocycles. The third-order valence-electron chi connectivity index (χ3n) is 1.98. The summed E-state index contributed by atoms with van der Waals surface area (Å²) >= 11 is 3.73. The van der Waals surface area contributed by atoms with E-state index in [2.05, 4.69) is 32.6 Å². The van der Waals surface area contributed by atoms with Crippen LogP contribution in [0.2, 0.25) is 0 Å². The van der Waals surface area contributed by atoms with Crippen LogP contribution in [0, 0.1) is 17.3 Å². The molecule has 1 fully saturated rings. The second-order valence-corrected chi connectivity index (χ2v) is 6.83. The van der Waals surface area contributed by atoms with E-state index >= 15 is 0 Å². The molecule has 1 aliphatic heterocycles. The van der Waals surface area contributed by atoms with Gasteiger partial charge >= 0.3 is 0 Å². The Morgan fingerprint density at radius 2 is 1.85 bits per heavy atom. The number of hydrogen-bond acceptors (Lipinski definition) is 3. The minimum atomic E-state index is -0.0755. The van der Waals surface area contributed by atoms with Crippen molar-refractivity contribution in [2.45, 2.75) is 24.9 Å². The molecule has 1 rings (SSSR count). The molecule has 13 heavy (non-hydrogen) atoms. The molecule has 0 aromatic heterocycles. The Balaban J connectivity index is 2.94. The fraction of sp³-hybridized carbons (Fsp3) is 0.700. The number of thioether (sulfide) groups is 2. The second kappa shape index (κ2) is 3.98. The van der Waals surface area contributed by atoms with Crippen molar-refractivity contribution in [1.82, 2.24) is 0 Å². The molecule has 1 aliphatic rings. The van der Waals surface area contributed by atoms with Crippen LogP contribution in [0.4, 0.5) is 0 Å². The standard InChI is InChI=1S/C10H14OS2/c1-9(2,3)10(5-4-6-11)12-7-8-13-10/h6H,7-8H2,1-3H3. The Hall–Kier alpha value is -0.0700. The highest BCUT2D eigenvalue weighted by atomic mass is 32.2.